The van der Waals surface area contributed by atoms with Gasteiger partial charge in [0.1, 0.15) is 0 Å². The fourth-order valence-corrected chi connectivity index (χ4v) is 2.01. The molecule has 0 atom stereocenters. The van der Waals surface area contributed by atoms with Gasteiger partial charge in [0.05, 0.1) is 0 Å². The Morgan fingerprint density at radius 1 is 1.33 bits per heavy atom. The van der Waals surface area contributed by atoms with E-state index in [9.17, 15) is 0 Å². The Labute approximate surface area is 91.0 Å². The largest absolute Gasteiger partial charge is 0.348 e. The average molecular weight is 199 g/mol. The van der Waals surface area contributed by atoms with Crippen molar-refractivity contribution >= 4 is 10.9 Å². The molecule has 0 saturated heterocycles. The van der Waals surface area contributed by atoms with E-state index in [1.165, 1.54) is 23.0 Å². The molecule has 0 aliphatic rings. The molecule has 15 heavy (non-hydrogen) atoms. The van der Waals surface area contributed by atoms with Crippen LogP contribution in [0.3, 0.4) is 0 Å². The van der Waals surface area contributed by atoms with E-state index >= 15 is 0 Å². The standard InChI is InChI=1S/C14H17N/c1-3-4-5-9-13-11-12-8-6-7-10-14(12)15(13)2/h3,6-8,10-11H,1,4-5,9H2,2H3. The van der Waals surface area contributed by atoms with Crippen LogP contribution in [-0.4, -0.2) is 4.57 Å². The molecular formula is C14H17N. The Bertz CT molecular complexity index is 465. The van der Waals surface area contributed by atoms with E-state index in [1.54, 1.807) is 0 Å². The number of hydrogen-bond donors (Lipinski definition) is 0. The molecule has 2 rings (SSSR count). The van der Waals surface area contributed by atoms with E-state index in [-0.39, 0.29) is 0 Å². The summed E-state index contributed by atoms with van der Waals surface area (Å²) in [6, 6.07) is 10.8. The number of benzene rings is 1. The first-order valence-corrected chi connectivity index (χ1v) is 5.47. The van der Waals surface area contributed by atoms with Crippen LogP contribution in [-0.2, 0) is 13.5 Å². The summed E-state index contributed by atoms with van der Waals surface area (Å²) in [6.07, 6.45) is 5.41. The van der Waals surface area contributed by atoms with Crippen LogP contribution in [0.5, 0.6) is 0 Å². The van der Waals surface area contributed by atoms with E-state index in [2.05, 4.69) is 48.5 Å². The number of hydrogen-bond acceptors (Lipinski definition) is 0. The van der Waals surface area contributed by atoms with Gasteiger partial charge >= 0.3 is 0 Å². The van der Waals surface area contributed by atoms with Crippen LogP contribution >= 0.6 is 0 Å². The Kier molecular flexibility index (Phi) is 2.91. The van der Waals surface area contributed by atoms with Crippen LogP contribution in [0.1, 0.15) is 18.5 Å². The van der Waals surface area contributed by atoms with E-state index in [0.29, 0.717) is 0 Å². The molecule has 0 fully saturated rings. The molecule has 0 amide bonds. The van der Waals surface area contributed by atoms with E-state index in [1.807, 2.05) is 6.08 Å². The molecule has 0 aliphatic heterocycles. The molecular weight excluding hydrogens is 182 g/mol. The third-order valence-electron chi connectivity index (χ3n) is 2.89. The van der Waals surface area contributed by atoms with Crippen molar-refractivity contribution in [3.63, 3.8) is 0 Å². The number of rotatable bonds is 4. The number of nitrogens with zero attached hydrogens (tertiary/aromatic N) is 1. The van der Waals surface area contributed by atoms with E-state index in [0.717, 1.165) is 12.8 Å². The normalized spacial score (nSPS) is 10.7. The molecule has 0 saturated carbocycles. The monoisotopic (exact) mass is 199 g/mol. The maximum Gasteiger partial charge on any atom is 0.0479 e. The summed E-state index contributed by atoms with van der Waals surface area (Å²) < 4.78 is 2.29. The smallest absolute Gasteiger partial charge is 0.0479 e. The molecule has 1 nitrogen and oxygen atoms in total. The van der Waals surface area contributed by atoms with Gasteiger partial charge in [-0.3, -0.25) is 0 Å². The number of unbranched alkanes of at least 4 members (excludes halogenated alkanes) is 1. The number of aromatic nitrogens is 1. The average Bonchev–Trinajstić information content (AvgIpc) is 2.57. The van der Waals surface area contributed by atoms with Crippen molar-refractivity contribution in [3.05, 3.63) is 48.7 Å². The molecule has 0 aliphatic carbocycles. The van der Waals surface area contributed by atoms with Gasteiger partial charge in [-0.2, -0.15) is 0 Å². The highest BCUT2D eigenvalue weighted by atomic mass is 14.9. The first-order valence-electron chi connectivity index (χ1n) is 5.47. The summed E-state index contributed by atoms with van der Waals surface area (Å²) in [5, 5.41) is 1.34. The Balaban J connectivity index is 2.27. The Hall–Kier alpha value is -1.50. The number of para-hydroxylation sites is 1. The van der Waals surface area contributed by atoms with Gasteiger partial charge in [-0.15, -0.1) is 6.58 Å². The van der Waals surface area contributed by atoms with Crippen LogP contribution in [0, 0.1) is 0 Å². The zero-order valence-corrected chi connectivity index (χ0v) is 9.24. The molecule has 0 N–H and O–H groups in total. The van der Waals surface area contributed by atoms with Crippen LogP contribution in [0.4, 0.5) is 0 Å². The second-order valence-electron chi connectivity index (χ2n) is 3.93. The van der Waals surface area contributed by atoms with Crippen molar-refractivity contribution < 1.29 is 0 Å². The molecule has 0 spiro atoms. The number of fused-ring (bicyclic) bond motifs is 1. The minimum absolute atomic E-state index is 1.10. The van der Waals surface area contributed by atoms with Gasteiger partial charge in [0.2, 0.25) is 0 Å². The molecule has 78 valence electrons. The molecule has 1 aromatic heterocycles. The minimum atomic E-state index is 1.10. The molecule has 1 heteroatoms. The summed E-state index contributed by atoms with van der Waals surface area (Å²) in [7, 11) is 2.14. The van der Waals surface area contributed by atoms with Gasteiger partial charge in [-0.05, 0) is 36.8 Å². The van der Waals surface area contributed by atoms with E-state index < -0.39 is 0 Å². The third kappa shape index (κ3) is 1.96. The lowest BCUT2D eigenvalue weighted by Gasteiger charge is -2.02. The second kappa shape index (κ2) is 4.35. The van der Waals surface area contributed by atoms with Gasteiger partial charge in [-0.25, -0.2) is 0 Å². The highest BCUT2D eigenvalue weighted by Gasteiger charge is 2.03. The summed E-state index contributed by atoms with van der Waals surface area (Å²) in [6.45, 7) is 3.75. The van der Waals surface area contributed by atoms with Gasteiger partial charge in [0.15, 0.2) is 0 Å². The molecule has 1 aromatic carbocycles. The number of allylic oxidation sites excluding steroid dienone is 1. The minimum Gasteiger partial charge on any atom is -0.348 e. The van der Waals surface area contributed by atoms with Crippen LogP contribution in [0.15, 0.2) is 43.0 Å². The second-order valence-corrected chi connectivity index (χ2v) is 3.93. The lowest BCUT2D eigenvalue weighted by atomic mass is 10.2. The first kappa shape index (κ1) is 10.0. The highest BCUT2D eigenvalue weighted by Crippen LogP contribution is 2.19. The van der Waals surface area contributed by atoms with Crippen molar-refractivity contribution in [1.29, 1.82) is 0 Å². The predicted molar refractivity (Wildman–Crippen MR) is 66.1 cm³/mol. The van der Waals surface area contributed by atoms with Crippen molar-refractivity contribution in [2.24, 2.45) is 7.05 Å². The SMILES string of the molecule is C=CCCCc1cc2ccccc2n1C. The first-order chi connectivity index (χ1) is 7.33. The fourth-order valence-electron chi connectivity index (χ4n) is 2.01. The zero-order chi connectivity index (χ0) is 10.7. The van der Waals surface area contributed by atoms with Crippen LogP contribution in [0.2, 0.25) is 0 Å². The summed E-state index contributed by atoms with van der Waals surface area (Å²) in [5.41, 5.74) is 2.74. The summed E-state index contributed by atoms with van der Waals surface area (Å²) in [4.78, 5) is 0. The Morgan fingerprint density at radius 3 is 2.87 bits per heavy atom. The van der Waals surface area contributed by atoms with E-state index in [4.69, 9.17) is 0 Å². The topological polar surface area (TPSA) is 4.93 Å². The highest BCUT2D eigenvalue weighted by molar-refractivity contribution is 5.81. The van der Waals surface area contributed by atoms with Crippen molar-refractivity contribution in [2.45, 2.75) is 19.3 Å². The predicted octanol–water partition coefficient (Wildman–Crippen LogP) is 3.69. The van der Waals surface area contributed by atoms with Crippen LogP contribution in [0.25, 0.3) is 10.9 Å². The number of aryl methyl sites for hydroxylation is 2. The Morgan fingerprint density at radius 2 is 2.13 bits per heavy atom. The van der Waals surface area contributed by atoms with Gasteiger partial charge in [0, 0.05) is 18.3 Å². The summed E-state index contributed by atoms with van der Waals surface area (Å²) >= 11 is 0. The quantitative estimate of drug-likeness (QED) is 0.523. The van der Waals surface area contributed by atoms with Crippen molar-refractivity contribution in [3.8, 4) is 0 Å². The van der Waals surface area contributed by atoms with Gasteiger partial charge in [-0.1, -0.05) is 24.3 Å². The van der Waals surface area contributed by atoms with Crippen molar-refractivity contribution in [1.82, 2.24) is 4.57 Å². The molecule has 0 unspecified atom stereocenters. The molecule has 0 radical (unpaired) electrons. The zero-order valence-electron chi connectivity index (χ0n) is 9.24. The fraction of sp³-hybridized carbons (Fsp3) is 0.286. The maximum absolute atomic E-state index is 3.75. The lowest BCUT2D eigenvalue weighted by Crippen LogP contribution is -1.95. The lowest BCUT2D eigenvalue weighted by molar-refractivity contribution is 0.770. The van der Waals surface area contributed by atoms with Crippen molar-refractivity contribution in [2.75, 3.05) is 0 Å². The third-order valence-corrected chi connectivity index (χ3v) is 2.89. The molecule has 1 heterocycles. The van der Waals surface area contributed by atoms with Gasteiger partial charge in [0.25, 0.3) is 0 Å². The maximum atomic E-state index is 3.75. The molecule has 2 aromatic rings. The molecule has 0 bridgehead atoms. The van der Waals surface area contributed by atoms with Crippen LogP contribution < -0.4 is 0 Å². The summed E-state index contributed by atoms with van der Waals surface area (Å²) in [5.74, 6) is 0. The van der Waals surface area contributed by atoms with Gasteiger partial charge < -0.3 is 4.57 Å².